The molecule has 3 rings (SSSR count). The minimum atomic E-state index is 0.334. The van der Waals surface area contributed by atoms with Crippen molar-refractivity contribution in [2.45, 2.75) is 43.0 Å². The first kappa shape index (κ1) is 17.8. The number of nitriles is 1. The van der Waals surface area contributed by atoms with Crippen LogP contribution in [0.15, 0.2) is 52.3 Å². The zero-order valence-corrected chi connectivity index (χ0v) is 16.0. The molecule has 2 aromatic rings. The highest BCUT2D eigenvalue weighted by atomic mass is 32.2. The quantitative estimate of drug-likeness (QED) is 0.708. The topological polar surface area (TPSA) is 30.3 Å². The predicted octanol–water partition coefficient (Wildman–Crippen LogP) is 5.28. The van der Waals surface area contributed by atoms with Crippen molar-refractivity contribution in [1.82, 2.24) is 4.90 Å². The predicted molar refractivity (Wildman–Crippen MR) is 106 cm³/mol. The molecule has 0 saturated carbocycles. The molecule has 1 unspecified atom stereocenters. The fourth-order valence-corrected chi connectivity index (χ4v) is 4.53. The van der Waals surface area contributed by atoms with Crippen LogP contribution in [0.25, 0.3) is 0 Å². The van der Waals surface area contributed by atoms with Gasteiger partial charge in [-0.3, -0.25) is 0 Å². The van der Waals surface area contributed by atoms with E-state index in [1.165, 1.54) is 21.9 Å². The van der Waals surface area contributed by atoms with Crippen molar-refractivity contribution >= 4 is 23.1 Å². The fraction of sp³-hybridized carbons (Fsp3) is 0.381. The maximum absolute atomic E-state index is 9.33. The first-order chi connectivity index (χ1) is 12.2. The van der Waals surface area contributed by atoms with Crippen LogP contribution in [-0.2, 0) is 0 Å². The lowest BCUT2D eigenvalue weighted by Crippen LogP contribution is -2.41. The molecule has 0 fully saturated rings. The van der Waals surface area contributed by atoms with Gasteiger partial charge in [0.25, 0.3) is 0 Å². The third-order valence-corrected chi connectivity index (χ3v) is 5.77. The third kappa shape index (κ3) is 3.68. The van der Waals surface area contributed by atoms with Crippen LogP contribution >= 0.6 is 11.8 Å². The lowest BCUT2D eigenvalue weighted by molar-refractivity contribution is 0.274. The van der Waals surface area contributed by atoms with Crippen LogP contribution in [0.1, 0.15) is 32.8 Å². The second-order valence-corrected chi connectivity index (χ2v) is 7.56. The Balaban J connectivity index is 2.01. The van der Waals surface area contributed by atoms with Crippen LogP contribution in [0.5, 0.6) is 0 Å². The van der Waals surface area contributed by atoms with E-state index in [-0.39, 0.29) is 0 Å². The normalized spacial score (nSPS) is 14.0. The number of nitrogens with zero attached hydrogens (tertiary/aromatic N) is 3. The molecule has 0 spiro atoms. The Bertz CT molecular complexity index is 781. The van der Waals surface area contributed by atoms with Crippen molar-refractivity contribution in [3.05, 3.63) is 48.0 Å². The Morgan fingerprint density at radius 2 is 1.88 bits per heavy atom. The van der Waals surface area contributed by atoms with Crippen molar-refractivity contribution in [3.63, 3.8) is 0 Å². The van der Waals surface area contributed by atoms with Crippen LogP contribution in [0.3, 0.4) is 0 Å². The number of benzene rings is 2. The molecule has 130 valence electrons. The standard InChI is InChI=1S/C21H25N3S/c1-4-12-23(5-2)15-16(3)24-18-8-6-7-9-20(18)25-21-11-10-17(14-22)13-19(21)24/h6-11,13,16H,4-5,12,15H2,1-3H3. The third-order valence-electron chi connectivity index (χ3n) is 4.64. The Labute approximate surface area is 155 Å². The average molecular weight is 352 g/mol. The Morgan fingerprint density at radius 1 is 1.12 bits per heavy atom. The van der Waals surface area contributed by atoms with Gasteiger partial charge < -0.3 is 9.80 Å². The van der Waals surface area contributed by atoms with Crippen LogP contribution in [-0.4, -0.2) is 30.6 Å². The van der Waals surface area contributed by atoms with Crippen LogP contribution < -0.4 is 4.90 Å². The maximum atomic E-state index is 9.33. The molecule has 0 amide bonds. The fourth-order valence-electron chi connectivity index (χ4n) is 3.48. The van der Waals surface area contributed by atoms with Gasteiger partial charge in [0.1, 0.15) is 0 Å². The first-order valence-corrected chi connectivity index (χ1v) is 9.82. The summed E-state index contributed by atoms with van der Waals surface area (Å²) in [6.45, 7) is 9.94. The number of fused-ring (bicyclic) bond motifs is 2. The van der Waals surface area contributed by atoms with Gasteiger partial charge in [0.2, 0.25) is 0 Å². The van der Waals surface area contributed by atoms with Crippen molar-refractivity contribution in [3.8, 4) is 6.07 Å². The number of hydrogen-bond donors (Lipinski definition) is 0. The molecule has 25 heavy (non-hydrogen) atoms. The molecule has 0 saturated heterocycles. The van der Waals surface area contributed by atoms with Crippen LogP contribution in [0.4, 0.5) is 11.4 Å². The minimum Gasteiger partial charge on any atom is -0.335 e. The van der Waals surface area contributed by atoms with Gasteiger partial charge in [-0.1, -0.05) is 37.7 Å². The van der Waals surface area contributed by atoms with E-state index >= 15 is 0 Å². The summed E-state index contributed by atoms with van der Waals surface area (Å²) in [5.41, 5.74) is 3.12. The molecule has 1 aliphatic rings. The number of likely N-dealkylation sites (N-methyl/N-ethyl adjacent to an activating group) is 1. The van der Waals surface area contributed by atoms with Gasteiger partial charge in [-0.15, -0.1) is 0 Å². The monoisotopic (exact) mass is 351 g/mol. The van der Waals surface area contributed by atoms with Gasteiger partial charge in [0, 0.05) is 22.4 Å². The lowest BCUT2D eigenvalue weighted by Gasteiger charge is -2.39. The number of hydrogen-bond acceptors (Lipinski definition) is 4. The van der Waals surface area contributed by atoms with Crippen molar-refractivity contribution in [2.75, 3.05) is 24.5 Å². The molecule has 0 radical (unpaired) electrons. The van der Waals surface area contributed by atoms with Gasteiger partial charge in [-0.05, 0) is 56.8 Å². The average Bonchev–Trinajstić information content (AvgIpc) is 2.65. The van der Waals surface area contributed by atoms with Gasteiger partial charge in [0.05, 0.1) is 23.0 Å². The summed E-state index contributed by atoms with van der Waals surface area (Å²) < 4.78 is 0. The summed E-state index contributed by atoms with van der Waals surface area (Å²) >= 11 is 1.79. The van der Waals surface area contributed by atoms with Gasteiger partial charge in [-0.2, -0.15) is 5.26 Å². The number of rotatable bonds is 6. The lowest BCUT2D eigenvalue weighted by atomic mass is 10.1. The highest BCUT2D eigenvalue weighted by Gasteiger charge is 2.28. The van der Waals surface area contributed by atoms with E-state index in [4.69, 9.17) is 0 Å². The zero-order chi connectivity index (χ0) is 17.8. The number of anilines is 2. The minimum absolute atomic E-state index is 0.334. The molecular formula is C21H25N3S. The summed E-state index contributed by atoms with van der Waals surface area (Å²) in [6, 6.07) is 17.2. The molecule has 0 bridgehead atoms. The molecule has 2 aromatic carbocycles. The van der Waals surface area contributed by atoms with Gasteiger partial charge in [-0.25, -0.2) is 0 Å². The summed E-state index contributed by atoms with van der Waals surface area (Å²) in [5, 5.41) is 9.33. The molecule has 1 heterocycles. The smallest absolute Gasteiger partial charge is 0.0992 e. The van der Waals surface area contributed by atoms with Crippen molar-refractivity contribution < 1.29 is 0 Å². The van der Waals surface area contributed by atoms with E-state index in [0.717, 1.165) is 30.9 Å². The van der Waals surface area contributed by atoms with E-state index in [1.54, 1.807) is 11.8 Å². The van der Waals surface area contributed by atoms with E-state index in [2.05, 4.69) is 67.0 Å². The molecule has 1 aliphatic heterocycles. The maximum Gasteiger partial charge on any atom is 0.0992 e. The molecule has 3 nitrogen and oxygen atoms in total. The molecule has 0 aromatic heterocycles. The summed E-state index contributed by atoms with van der Waals surface area (Å²) in [6.07, 6.45) is 1.17. The summed E-state index contributed by atoms with van der Waals surface area (Å²) in [4.78, 5) is 7.43. The first-order valence-electron chi connectivity index (χ1n) is 9.00. The highest BCUT2D eigenvalue weighted by molar-refractivity contribution is 7.99. The second kappa shape index (κ2) is 7.95. The number of para-hydroxylation sites is 1. The highest BCUT2D eigenvalue weighted by Crippen LogP contribution is 2.49. The Morgan fingerprint density at radius 3 is 2.60 bits per heavy atom. The largest absolute Gasteiger partial charge is 0.335 e. The Kier molecular flexibility index (Phi) is 5.67. The molecule has 1 atom stereocenters. The van der Waals surface area contributed by atoms with E-state index < -0.39 is 0 Å². The summed E-state index contributed by atoms with van der Waals surface area (Å²) in [5.74, 6) is 0. The SMILES string of the molecule is CCCN(CC)CC(C)N1c2ccccc2Sc2ccc(C#N)cc21. The van der Waals surface area contributed by atoms with E-state index in [9.17, 15) is 5.26 Å². The van der Waals surface area contributed by atoms with E-state index in [1.807, 2.05) is 12.1 Å². The summed E-state index contributed by atoms with van der Waals surface area (Å²) in [7, 11) is 0. The Hall–Kier alpha value is -1.96. The molecule has 4 heteroatoms. The van der Waals surface area contributed by atoms with Gasteiger partial charge >= 0.3 is 0 Å². The second-order valence-electron chi connectivity index (χ2n) is 6.48. The van der Waals surface area contributed by atoms with Gasteiger partial charge in [0.15, 0.2) is 0 Å². The zero-order valence-electron chi connectivity index (χ0n) is 15.2. The van der Waals surface area contributed by atoms with E-state index in [0.29, 0.717) is 6.04 Å². The molecule has 0 aliphatic carbocycles. The van der Waals surface area contributed by atoms with Crippen LogP contribution in [0.2, 0.25) is 0 Å². The molecule has 0 N–H and O–H groups in total. The van der Waals surface area contributed by atoms with Crippen molar-refractivity contribution in [2.24, 2.45) is 0 Å². The van der Waals surface area contributed by atoms with Crippen LogP contribution in [0, 0.1) is 11.3 Å². The molecular weight excluding hydrogens is 326 g/mol. The van der Waals surface area contributed by atoms with Crippen molar-refractivity contribution in [1.29, 1.82) is 5.26 Å².